The Labute approximate surface area is 136 Å². The largest absolute Gasteiger partial charge is 0.0928 e. The highest BCUT2D eigenvalue weighted by Gasteiger charge is 1.91. The summed E-state index contributed by atoms with van der Waals surface area (Å²) in [6.45, 7) is 2.24. The van der Waals surface area contributed by atoms with Crippen LogP contribution in [-0.2, 0) is 0 Å². The van der Waals surface area contributed by atoms with Crippen molar-refractivity contribution in [3.63, 3.8) is 0 Å². The van der Waals surface area contributed by atoms with Gasteiger partial charge in [0.2, 0.25) is 0 Å². The molecule has 0 amide bonds. The number of rotatable bonds is 15. The normalized spacial score (nSPS) is 11.9. The molecule has 0 N–H and O–H groups in total. The average Bonchev–Trinajstić information content (AvgIpc) is 2.47. The fraction of sp³-hybridized carbons (Fsp3) is 0.789. The van der Waals surface area contributed by atoms with Crippen molar-refractivity contribution >= 4 is 15.9 Å². The van der Waals surface area contributed by atoms with Gasteiger partial charge in [-0.3, -0.25) is 0 Å². The number of hydrogen-bond acceptors (Lipinski definition) is 0. The predicted molar refractivity (Wildman–Crippen MR) is 97.8 cm³/mol. The summed E-state index contributed by atoms with van der Waals surface area (Å²) in [5.41, 5.74) is 0. The molecule has 0 atom stereocenters. The van der Waals surface area contributed by atoms with Crippen molar-refractivity contribution in [2.75, 3.05) is 5.33 Å². The minimum absolute atomic E-state index is 1.17. The van der Waals surface area contributed by atoms with Gasteiger partial charge in [-0.05, 0) is 25.7 Å². The van der Waals surface area contributed by atoms with E-state index in [0.717, 1.165) is 0 Å². The molecule has 1 heteroatoms. The van der Waals surface area contributed by atoms with Gasteiger partial charge in [-0.1, -0.05) is 105 Å². The number of alkyl halides is 1. The maximum absolute atomic E-state index is 3.48. The Hall–Kier alpha value is -0.0400. The lowest BCUT2D eigenvalue weighted by Crippen LogP contribution is -1.82. The maximum atomic E-state index is 3.48. The third-order valence-corrected chi connectivity index (χ3v) is 4.17. The van der Waals surface area contributed by atoms with E-state index in [0.29, 0.717) is 0 Å². The number of hydrogen-bond donors (Lipinski definition) is 0. The fourth-order valence-electron chi connectivity index (χ4n) is 2.27. The molecule has 0 aliphatic carbocycles. The number of unbranched alkanes of at least 4 members (excludes halogenated alkanes) is 11. The first-order valence-electron chi connectivity index (χ1n) is 8.79. The second kappa shape index (κ2) is 19.0. The molecule has 0 saturated carbocycles. The van der Waals surface area contributed by atoms with Gasteiger partial charge in [-0.2, -0.15) is 0 Å². The molecule has 0 saturated heterocycles. The van der Waals surface area contributed by atoms with Gasteiger partial charge in [-0.25, -0.2) is 0 Å². The quantitative estimate of drug-likeness (QED) is 0.163. The Balaban J connectivity index is 3.09. The monoisotopic (exact) mass is 342 g/mol. The highest BCUT2D eigenvalue weighted by molar-refractivity contribution is 9.09. The lowest BCUT2D eigenvalue weighted by molar-refractivity contribution is 0.567. The van der Waals surface area contributed by atoms with Crippen molar-refractivity contribution < 1.29 is 0 Å². The summed E-state index contributed by atoms with van der Waals surface area (Å²) in [6, 6.07) is 0. The molecule has 0 aromatic heterocycles. The van der Waals surface area contributed by atoms with E-state index in [-0.39, 0.29) is 0 Å². The summed E-state index contributed by atoms with van der Waals surface area (Å²) < 4.78 is 0. The molecular formula is C19H35Br. The van der Waals surface area contributed by atoms with Crippen LogP contribution in [0, 0.1) is 0 Å². The summed E-state index contributed by atoms with van der Waals surface area (Å²) in [7, 11) is 0. The minimum atomic E-state index is 1.17. The molecular weight excluding hydrogens is 308 g/mol. The lowest BCUT2D eigenvalue weighted by atomic mass is 10.1. The molecule has 0 aromatic carbocycles. The smallest absolute Gasteiger partial charge is 0.00313 e. The fourth-order valence-corrected chi connectivity index (χ4v) is 2.66. The van der Waals surface area contributed by atoms with Crippen LogP contribution in [0.15, 0.2) is 24.3 Å². The lowest BCUT2D eigenvalue weighted by Gasteiger charge is -2.00. The van der Waals surface area contributed by atoms with E-state index in [1.54, 1.807) is 0 Å². The third kappa shape index (κ3) is 18.0. The highest BCUT2D eigenvalue weighted by atomic mass is 79.9. The van der Waals surface area contributed by atoms with Crippen LogP contribution in [0.4, 0.5) is 0 Å². The number of allylic oxidation sites excluding steroid dienone is 4. The van der Waals surface area contributed by atoms with E-state index < -0.39 is 0 Å². The van der Waals surface area contributed by atoms with Crippen LogP contribution in [0.1, 0.15) is 90.4 Å². The van der Waals surface area contributed by atoms with Crippen LogP contribution in [-0.4, -0.2) is 5.33 Å². The van der Waals surface area contributed by atoms with Crippen molar-refractivity contribution in [2.24, 2.45) is 0 Å². The summed E-state index contributed by atoms with van der Waals surface area (Å²) in [6.07, 6.45) is 26.8. The zero-order chi connectivity index (χ0) is 14.7. The minimum Gasteiger partial charge on any atom is -0.0928 e. The first-order valence-corrected chi connectivity index (χ1v) is 9.91. The summed E-state index contributed by atoms with van der Waals surface area (Å²) in [5, 5.41) is 1.17. The summed E-state index contributed by atoms with van der Waals surface area (Å²) >= 11 is 3.48. The van der Waals surface area contributed by atoms with Crippen LogP contribution < -0.4 is 0 Å². The Morgan fingerprint density at radius 2 is 1.05 bits per heavy atom. The Kier molecular flexibility index (Phi) is 18.9. The zero-order valence-corrected chi connectivity index (χ0v) is 15.2. The van der Waals surface area contributed by atoms with Gasteiger partial charge >= 0.3 is 0 Å². The van der Waals surface area contributed by atoms with E-state index in [4.69, 9.17) is 0 Å². The van der Waals surface area contributed by atoms with Gasteiger partial charge in [0, 0.05) is 5.33 Å². The summed E-state index contributed by atoms with van der Waals surface area (Å²) in [4.78, 5) is 0. The Morgan fingerprint density at radius 1 is 0.600 bits per heavy atom. The van der Waals surface area contributed by atoms with E-state index in [2.05, 4.69) is 47.2 Å². The van der Waals surface area contributed by atoms with Crippen molar-refractivity contribution in [1.82, 2.24) is 0 Å². The molecule has 0 aromatic rings. The first kappa shape index (κ1) is 20.0. The van der Waals surface area contributed by atoms with Gasteiger partial charge in [0.1, 0.15) is 0 Å². The number of halogens is 1. The molecule has 0 spiro atoms. The van der Waals surface area contributed by atoms with Gasteiger partial charge in [-0.15, -0.1) is 0 Å². The second-order valence-corrected chi connectivity index (χ2v) is 6.45. The first-order chi connectivity index (χ1) is 9.91. The molecule has 0 nitrogen and oxygen atoms in total. The van der Waals surface area contributed by atoms with Crippen LogP contribution in [0.25, 0.3) is 0 Å². The second-order valence-electron chi connectivity index (χ2n) is 5.66. The molecule has 0 fully saturated rings. The summed E-state index contributed by atoms with van der Waals surface area (Å²) in [5.74, 6) is 0. The average molecular weight is 343 g/mol. The van der Waals surface area contributed by atoms with Gasteiger partial charge in [0.25, 0.3) is 0 Å². The molecule has 118 valence electrons. The highest BCUT2D eigenvalue weighted by Crippen LogP contribution is 2.11. The van der Waals surface area contributed by atoms with Crippen molar-refractivity contribution in [3.8, 4) is 0 Å². The molecule has 0 bridgehead atoms. The van der Waals surface area contributed by atoms with Gasteiger partial charge in [0.15, 0.2) is 0 Å². The molecule has 0 unspecified atom stereocenters. The van der Waals surface area contributed by atoms with Gasteiger partial charge in [0.05, 0.1) is 0 Å². The van der Waals surface area contributed by atoms with Crippen LogP contribution in [0.5, 0.6) is 0 Å². The Morgan fingerprint density at radius 3 is 1.55 bits per heavy atom. The van der Waals surface area contributed by atoms with Crippen LogP contribution in [0.2, 0.25) is 0 Å². The molecule has 20 heavy (non-hydrogen) atoms. The maximum Gasteiger partial charge on any atom is 0.00313 e. The molecule has 0 rings (SSSR count). The van der Waals surface area contributed by atoms with E-state index in [9.17, 15) is 0 Å². The van der Waals surface area contributed by atoms with Crippen LogP contribution in [0.3, 0.4) is 0 Å². The van der Waals surface area contributed by atoms with E-state index in [1.165, 1.54) is 88.8 Å². The molecule has 0 heterocycles. The SMILES string of the molecule is CCCC/C=C/C=C\CCCCCCCCCCCBr. The third-order valence-electron chi connectivity index (χ3n) is 3.61. The van der Waals surface area contributed by atoms with E-state index in [1.807, 2.05) is 0 Å². The molecule has 0 radical (unpaired) electrons. The standard InChI is InChI=1S/C19H35Br/c1-2-3-4-5-6-7-8-9-10-11-12-13-14-15-16-17-18-19-20/h5-8H,2-4,9-19H2,1H3/b6-5+,8-7-. The van der Waals surface area contributed by atoms with Crippen molar-refractivity contribution in [2.45, 2.75) is 90.4 Å². The van der Waals surface area contributed by atoms with Gasteiger partial charge < -0.3 is 0 Å². The zero-order valence-electron chi connectivity index (χ0n) is 13.6. The predicted octanol–water partition coefficient (Wildman–Crippen LogP) is 7.58. The molecule has 0 aliphatic heterocycles. The van der Waals surface area contributed by atoms with Crippen LogP contribution >= 0.6 is 15.9 Å². The Bertz CT molecular complexity index is 218. The van der Waals surface area contributed by atoms with E-state index >= 15 is 0 Å². The molecule has 0 aliphatic rings. The van der Waals surface area contributed by atoms with Crippen molar-refractivity contribution in [3.05, 3.63) is 24.3 Å². The van der Waals surface area contributed by atoms with Crippen molar-refractivity contribution in [1.29, 1.82) is 0 Å². The topological polar surface area (TPSA) is 0 Å².